The van der Waals surface area contributed by atoms with E-state index in [0.717, 1.165) is 5.69 Å². The summed E-state index contributed by atoms with van der Waals surface area (Å²) in [4.78, 5) is 3.90. The summed E-state index contributed by atoms with van der Waals surface area (Å²) in [7, 11) is 0. The fourth-order valence-electron chi connectivity index (χ4n) is 0.623. The zero-order chi connectivity index (χ0) is 7.56. The van der Waals surface area contributed by atoms with E-state index in [0.29, 0.717) is 3.92 Å². The third kappa shape index (κ3) is 1.90. The summed E-state index contributed by atoms with van der Waals surface area (Å²) in [6, 6.07) is 3.13. The average molecular weight is 251 g/mol. The largest absolute Gasteiger partial charge is 0.257 e. The Labute approximate surface area is 72.8 Å². The average Bonchev–Trinajstić information content (AvgIpc) is 1.88. The van der Waals surface area contributed by atoms with Crippen LogP contribution in [0.1, 0.15) is 16.5 Å². The Morgan fingerprint density at radius 1 is 1.60 bits per heavy atom. The van der Waals surface area contributed by atoms with Gasteiger partial charge in [0.2, 0.25) is 0 Å². The van der Waals surface area contributed by atoms with E-state index >= 15 is 0 Å². The van der Waals surface area contributed by atoms with Crippen LogP contribution in [0.4, 0.5) is 4.39 Å². The first-order valence-electron chi connectivity index (χ1n) is 2.95. The first kappa shape index (κ1) is 7.91. The Morgan fingerprint density at radius 3 is 2.70 bits per heavy atom. The first-order chi connectivity index (χ1) is 4.70. The van der Waals surface area contributed by atoms with Crippen LogP contribution >= 0.6 is 22.6 Å². The van der Waals surface area contributed by atoms with Crippen LogP contribution in [-0.4, -0.2) is 4.98 Å². The van der Waals surface area contributed by atoms with Crippen molar-refractivity contribution in [3.63, 3.8) is 0 Å². The molecule has 0 aliphatic heterocycles. The standard InChI is InChI=1S/C7H7FIN/c1-5(9)7-3-2-6(8)4-10-7/h2-5H,1H3. The number of rotatable bonds is 1. The van der Waals surface area contributed by atoms with Gasteiger partial charge in [-0.15, -0.1) is 0 Å². The quantitative estimate of drug-likeness (QED) is 0.552. The molecule has 0 amide bonds. The molecule has 0 bridgehead atoms. The molecule has 0 spiro atoms. The lowest BCUT2D eigenvalue weighted by Crippen LogP contribution is -1.88. The molecule has 10 heavy (non-hydrogen) atoms. The molecule has 1 aromatic rings. The molecule has 0 aliphatic rings. The summed E-state index contributed by atoms with van der Waals surface area (Å²) >= 11 is 2.24. The molecule has 0 aromatic carbocycles. The van der Waals surface area contributed by atoms with E-state index in [-0.39, 0.29) is 5.82 Å². The number of alkyl halides is 1. The van der Waals surface area contributed by atoms with Crippen LogP contribution in [0.25, 0.3) is 0 Å². The fourth-order valence-corrected chi connectivity index (χ4v) is 0.991. The Hall–Kier alpha value is -0.190. The second-order valence-electron chi connectivity index (χ2n) is 2.02. The lowest BCUT2D eigenvalue weighted by Gasteiger charge is -1.99. The van der Waals surface area contributed by atoms with Crippen molar-refractivity contribution in [3.8, 4) is 0 Å². The van der Waals surface area contributed by atoms with Crippen LogP contribution in [0.3, 0.4) is 0 Å². The van der Waals surface area contributed by atoms with Crippen molar-refractivity contribution in [1.82, 2.24) is 4.98 Å². The van der Waals surface area contributed by atoms with Gasteiger partial charge in [0.1, 0.15) is 5.82 Å². The predicted molar refractivity (Wildman–Crippen MR) is 46.6 cm³/mol. The van der Waals surface area contributed by atoms with E-state index in [1.165, 1.54) is 12.3 Å². The third-order valence-corrected chi connectivity index (χ3v) is 1.80. The van der Waals surface area contributed by atoms with Crippen LogP contribution in [0.5, 0.6) is 0 Å². The number of nitrogens with zero attached hydrogens (tertiary/aromatic N) is 1. The van der Waals surface area contributed by atoms with Crippen LogP contribution in [0.2, 0.25) is 0 Å². The van der Waals surface area contributed by atoms with Crippen LogP contribution < -0.4 is 0 Å². The Morgan fingerprint density at radius 2 is 2.30 bits per heavy atom. The monoisotopic (exact) mass is 251 g/mol. The van der Waals surface area contributed by atoms with Gasteiger partial charge in [0.15, 0.2) is 0 Å². The molecule has 0 saturated heterocycles. The van der Waals surface area contributed by atoms with E-state index in [1.807, 2.05) is 6.92 Å². The highest BCUT2D eigenvalue weighted by Gasteiger charge is 2.00. The van der Waals surface area contributed by atoms with Crippen LogP contribution in [0, 0.1) is 5.82 Å². The van der Waals surface area contributed by atoms with Gasteiger partial charge in [-0.2, -0.15) is 0 Å². The number of hydrogen-bond acceptors (Lipinski definition) is 1. The van der Waals surface area contributed by atoms with Gasteiger partial charge < -0.3 is 0 Å². The van der Waals surface area contributed by atoms with Crippen molar-refractivity contribution >= 4 is 22.6 Å². The number of hydrogen-bond donors (Lipinski definition) is 0. The summed E-state index contributed by atoms with van der Waals surface area (Å²) in [5.41, 5.74) is 0.919. The molecule has 1 heterocycles. The van der Waals surface area contributed by atoms with Gasteiger partial charge in [0.25, 0.3) is 0 Å². The van der Waals surface area contributed by atoms with Crippen molar-refractivity contribution in [2.24, 2.45) is 0 Å². The van der Waals surface area contributed by atoms with E-state index in [1.54, 1.807) is 6.07 Å². The van der Waals surface area contributed by atoms with Crippen LogP contribution in [-0.2, 0) is 0 Å². The summed E-state index contributed by atoms with van der Waals surface area (Å²) in [5.74, 6) is -0.277. The van der Waals surface area contributed by atoms with E-state index in [4.69, 9.17) is 0 Å². The lowest BCUT2D eigenvalue weighted by atomic mass is 10.3. The molecule has 3 heteroatoms. The predicted octanol–water partition coefficient (Wildman–Crippen LogP) is 2.72. The van der Waals surface area contributed by atoms with Crippen molar-refractivity contribution < 1.29 is 4.39 Å². The molecular formula is C7H7FIN. The van der Waals surface area contributed by atoms with Crippen molar-refractivity contribution in [2.75, 3.05) is 0 Å². The zero-order valence-electron chi connectivity index (χ0n) is 5.51. The van der Waals surface area contributed by atoms with Crippen molar-refractivity contribution in [1.29, 1.82) is 0 Å². The van der Waals surface area contributed by atoms with E-state index in [2.05, 4.69) is 27.6 Å². The first-order valence-corrected chi connectivity index (χ1v) is 4.20. The fraction of sp³-hybridized carbons (Fsp3) is 0.286. The molecule has 1 nitrogen and oxygen atoms in total. The topological polar surface area (TPSA) is 12.9 Å². The third-order valence-electron chi connectivity index (χ3n) is 1.16. The van der Waals surface area contributed by atoms with Gasteiger partial charge in [-0.3, -0.25) is 4.98 Å². The molecule has 1 unspecified atom stereocenters. The molecule has 0 saturated carbocycles. The molecule has 0 fully saturated rings. The molecular weight excluding hydrogens is 244 g/mol. The molecule has 54 valence electrons. The molecule has 1 aromatic heterocycles. The zero-order valence-corrected chi connectivity index (χ0v) is 7.67. The summed E-state index contributed by atoms with van der Waals surface area (Å²) in [5, 5.41) is 0. The Bertz CT molecular complexity index is 207. The molecule has 0 N–H and O–H groups in total. The number of pyridine rings is 1. The highest BCUT2D eigenvalue weighted by Crippen LogP contribution is 2.19. The summed E-state index contributed by atoms with van der Waals surface area (Å²) < 4.78 is 12.6. The summed E-state index contributed by atoms with van der Waals surface area (Å²) in [6.45, 7) is 2.01. The Kier molecular flexibility index (Phi) is 2.59. The minimum atomic E-state index is -0.277. The molecule has 0 aliphatic carbocycles. The maximum absolute atomic E-state index is 12.3. The van der Waals surface area contributed by atoms with Gasteiger partial charge in [0, 0.05) is 0 Å². The summed E-state index contributed by atoms with van der Waals surface area (Å²) in [6.07, 6.45) is 1.24. The van der Waals surface area contributed by atoms with E-state index in [9.17, 15) is 4.39 Å². The molecule has 1 atom stereocenters. The maximum atomic E-state index is 12.3. The Balaban J connectivity index is 2.89. The van der Waals surface area contributed by atoms with Gasteiger partial charge in [-0.1, -0.05) is 22.6 Å². The van der Waals surface area contributed by atoms with Gasteiger partial charge in [0.05, 0.1) is 15.8 Å². The number of aromatic nitrogens is 1. The van der Waals surface area contributed by atoms with E-state index < -0.39 is 0 Å². The SMILES string of the molecule is CC(I)c1ccc(F)cn1. The normalized spacial score (nSPS) is 13.1. The minimum absolute atomic E-state index is 0.277. The second-order valence-corrected chi connectivity index (χ2v) is 3.89. The lowest BCUT2D eigenvalue weighted by molar-refractivity contribution is 0.619. The van der Waals surface area contributed by atoms with Crippen LogP contribution in [0.15, 0.2) is 18.3 Å². The highest BCUT2D eigenvalue weighted by molar-refractivity contribution is 14.1. The second kappa shape index (κ2) is 3.27. The molecule has 0 radical (unpaired) electrons. The maximum Gasteiger partial charge on any atom is 0.141 e. The molecule has 1 rings (SSSR count). The smallest absolute Gasteiger partial charge is 0.141 e. The van der Waals surface area contributed by atoms with Crippen molar-refractivity contribution in [2.45, 2.75) is 10.8 Å². The van der Waals surface area contributed by atoms with Gasteiger partial charge >= 0.3 is 0 Å². The number of halogens is 2. The van der Waals surface area contributed by atoms with Crippen molar-refractivity contribution in [3.05, 3.63) is 29.8 Å². The van der Waals surface area contributed by atoms with Gasteiger partial charge in [-0.05, 0) is 19.1 Å². The minimum Gasteiger partial charge on any atom is -0.257 e. The highest BCUT2D eigenvalue weighted by atomic mass is 127. The van der Waals surface area contributed by atoms with Gasteiger partial charge in [-0.25, -0.2) is 4.39 Å².